The zero-order chi connectivity index (χ0) is 13.4. The molecule has 0 aromatic heterocycles. The average molecular weight is 252 g/mol. The van der Waals surface area contributed by atoms with Gasteiger partial charge in [0.1, 0.15) is 0 Å². The Bertz CT molecular complexity index is 229. The van der Waals surface area contributed by atoms with Crippen LogP contribution in [0.4, 0.5) is 0 Å². The second-order valence-corrected chi connectivity index (χ2v) is 5.93. The highest BCUT2D eigenvalue weighted by atomic mass is 15.2. The lowest BCUT2D eigenvalue weighted by Gasteiger charge is -2.49. The normalized spacial score (nSPS) is 20.9. The van der Waals surface area contributed by atoms with E-state index in [1.165, 1.54) is 44.9 Å². The highest BCUT2D eigenvalue weighted by Gasteiger charge is 2.40. The van der Waals surface area contributed by atoms with E-state index >= 15 is 0 Å². The van der Waals surface area contributed by atoms with Crippen LogP contribution in [0.2, 0.25) is 0 Å². The Hall–Kier alpha value is -0.340. The Labute approximate surface area is 114 Å². The first-order valence-electron chi connectivity index (χ1n) is 7.69. The van der Waals surface area contributed by atoms with E-state index in [1.54, 1.807) is 0 Å². The van der Waals surface area contributed by atoms with Gasteiger partial charge in [-0.1, -0.05) is 32.3 Å². The standard InChI is InChI=1S/C16H32N2/c1-5-7-11-15(17-14-6-2)16(18(3)4)12-9-8-10-13-16/h5,15,17H,1,6-14H2,2-4H3. The predicted molar refractivity (Wildman–Crippen MR) is 81.0 cm³/mol. The molecule has 0 bridgehead atoms. The summed E-state index contributed by atoms with van der Waals surface area (Å²) in [5, 5.41) is 3.81. The van der Waals surface area contributed by atoms with E-state index in [2.05, 4.69) is 43.9 Å². The SMILES string of the molecule is C=CCCC(NCCC)C1(N(C)C)CCCCC1. The molecule has 106 valence electrons. The lowest BCUT2D eigenvalue weighted by molar-refractivity contribution is 0.0538. The fraction of sp³-hybridized carbons (Fsp3) is 0.875. The van der Waals surface area contributed by atoms with Gasteiger partial charge in [0.25, 0.3) is 0 Å². The number of hydrogen-bond donors (Lipinski definition) is 1. The summed E-state index contributed by atoms with van der Waals surface area (Å²) in [6, 6.07) is 0.616. The van der Waals surface area contributed by atoms with E-state index in [4.69, 9.17) is 0 Å². The maximum Gasteiger partial charge on any atom is 0.0356 e. The molecule has 0 aliphatic heterocycles. The molecule has 1 atom stereocenters. The number of nitrogens with one attached hydrogen (secondary N) is 1. The quantitative estimate of drug-likeness (QED) is 0.664. The minimum atomic E-state index is 0.371. The van der Waals surface area contributed by atoms with Crippen molar-refractivity contribution in [2.75, 3.05) is 20.6 Å². The van der Waals surface area contributed by atoms with E-state index in [9.17, 15) is 0 Å². The Kier molecular flexibility index (Phi) is 6.95. The third-order valence-corrected chi connectivity index (χ3v) is 4.56. The van der Waals surface area contributed by atoms with Crippen molar-refractivity contribution in [2.24, 2.45) is 0 Å². The molecule has 1 aliphatic rings. The van der Waals surface area contributed by atoms with Gasteiger partial charge < -0.3 is 10.2 Å². The van der Waals surface area contributed by atoms with Crippen LogP contribution in [-0.2, 0) is 0 Å². The van der Waals surface area contributed by atoms with Crippen molar-refractivity contribution < 1.29 is 0 Å². The number of allylic oxidation sites excluding steroid dienone is 1. The number of hydrogen-bond acceptors (Lipinski definition) is 2. The summed E-state index contributed by atoms with van der Waals surface area (Å²) in [4.78, 5) is 2.49. The summed E-state index contributed by atoms with van der Waals surface area (Å²) in [5.41, 5.74) is 0.371. The molecule has 0 aromatic carbocycles. The van der Waals surface area contributed by atoms with Gasteiger partial charge >= 0.3 is 0 Å². The van der Waals surface area contributed by atoms with Crippen LogP contribution in [-0.4, -0.2) is 37.1 Å². The zero-order valence-electron chi connectivity index (χ0n) is 12.7. The maximum atomic E-state index is 3.88. The smallest absolute Gasteiger partial charge is 0.0356 e. The van der Waals surface area contributed by atoms with Crippen molar-refractivity contribution in [2.45, 2.75) is 69.9 Å². The van der Waals surface area contributed by atoms with Crippen LogP contribution in [0, 0.1) is 0 Å². The fourth-order valence-electron chi connectivity index (χ4n) is 3.44. The highest BCUT2D eigenvalue weighted by Crippen LogP contribution is 2.36. The molecular weight excluding hydrogens is 220 g/mol. The van der Waals surface area contributed by atoms with Gasteiger partial charge in [0.15, 0.2) is 0 Å². The molecule has 0 aromatic rings. The van der Waals surface area contributed by atoms with E-state index in [0.29, 0.717) is 11.6 Å². The monoisotopic (exact) mass is 252 g/mol. The van der Waals surface area contributed by atoms with Crippen LogP contribution >= 0.6 is 0 Å². The highest BCUT2D eigenvalue weighted by molar-refractivity contribution is 5.01. The molecule has 0 amide bonds. The summed E-state index contributed by atoms with van der Waals surface area (Å²) < 4.78 is 0. The average Bonchev–Trinajstić information content (AvgIpc) is 2.39. The molecule has 1 aliphatic carbocycles. The van der Waals surface area contributed by atoms with Crippen LogP contribution in [0.5, 0.6) is 0 Å². The number of likely N-dealkylation sites (N-methyl/N-ethyl adjacent to an activating group) is 1. The van der Waals surface area contributed by atoms with E-state index in [-0.39, 0.29) is 0 Å². The number of rotatable bonds is 8. The van der Waals surface area contributed by atoms with Crippen LogP contribution in [0.15, 0.2) is 12.7 Å². The second kappa shape index (κ2) is 7.96. The molecule has 18 heavy (non-hydrogen) atoms. The zero-order valence-corrected chi connectivity index (χ0v) is 12.7. The summed E-state index contributed by atoms with van der Waals surface area (Å²) >= 11 is 0. The van der Waals surface area contributed by atoms with Crippen molar-refractivity contribution in [3.8, 4) is 0 Å². The van der Waals surface area contributed by atoms with Crippen LogP contribution in [0.3, 0.4) is 0 Å². The van der Waals surface area contributed by atoms with Crippen molar-refractivity contribution in [1.82, 2.24) is 10.2 Å². The van der Waals surface area contributed by atoms with Crippen LogP contribution in [0.1, 0.15) is 58.3 Å². The molecule has 0 radical (unpaired) electrons. The molecule has 0 saturated heterocycles. The van der Waals surface area contributed by atoms with Gasteiger partial charge in [0.05, 0.1) is 0 Å². The van der Waals surface area contributed by atoms with E-state index in [1.807, 2.05) is 0 Å². The first-order chi connectivity index (χ1) is 8.67. The van der Waals surface area contributed by atoms with Gasteiger partial charge in [0.2, 0.25) is 0 Å². The van der Waals surface area contributed by atoms with Gasteiger partial charge in [-0.2, -0.15) is 0 Å². The van der Waals surface area contributed by atoms with Gasteiger partial charge in [0, 0.05) is 11.6 Å². The maximum absolute atomic E-state index is 3.88. The minimum Gasteiger partial charge on any atom is -0.312 e. The molecule has 1 rings (SSSR count). The molecule has 2 nitrogen and oxygen atoms in total. The summed E-state index contributed by atoms with van der Waals surface area (Å²) in [6.07, 6.45) is 12.5. The summed E-state index contributed by atoms with van der Waals surface area (Å²) in [6.45, 7) is 7.27. The molecule has 0 spiro atoms. The Balaban J connectivity index is 2.77. The topological polar surface area (TPSA) is 15.3 Å². The molecule has 2 heteroatoms. The Morgan fingerprint density at radius 1 is 1.28 bits per heavy atom. The molecular formula is C16H32N2. The molecule has 1 fully saturated rings. The van der Waals surface area contributed by atoms with Gasteiger partial charge in [-0.05, 0) is 52.7 Å². The van der Waals surface area contributed by atoms with Crippen molar-refractivity contribution in [3.05, 3.63) is 12.7 Å². The Morgan fingerprint density at radius 2 is 1.94 bits per heavy atom. The van der Waals surface area contributed by atoms with Crippen LogP contribution in [0.25, 0.3) is 0 Å². The van der Waals surface area contributed by atoms with Crippen molar-refractivity contribution in [1.29, 1.82) is 0 Å². The predicted octanol–water partition coefficient (Wildman–Crippen LogP) is 3.59. The molecule has 0 heterocycles. The lowest BCUT2D eigenvalue weighted by atomic mass is 9.74. The second-order valence-electron chi connectivity index (χ2n) is 5.93. The minimum absolute atomic E-state index is 0.371. The Morgan fingerprint density at radius 3 is 2.44 bits per heavy atom. The van der Waals surface area contributed by atoms with Crippen LogP contribution < -0.4 is 5.32 Å². The van der Waals surface area contributed by atoms with Crippen molar-refractivity contribution >= 4 is 0 Å². The summed E-state index contributed by atoms with van der Waals surface area (Å²) in [5.74, 6) is 0. The van der Waals surface area contributed by atoms with E-state index < -0.39 is 0 Å². The lowest BCUT2D eigenvalue weighted by Crippen LogP contribution is -2.60. The van der Waals surface area contributed by atoms with Crippen molar-refractivity contribution in [3.63, 3.8) is 0 Å². The summed E-state index contributed by atoms with van der Waals surface area (Å²) in [7, 11) is 4.53. The van der Waals surface area contributed by atoms with Gasteiger partial charge in [-0.15, -0.1) is 6.58 Å². The third-order valence-electron chi connectivity index (χ3n) is 4.56. The third kappa shape index (κ3) is 3.83. The van der Waals surface area contributed by atoms with Gasteiger partial charge in [-0.3, -0.25) is 0 Å². The first kappa shape index (κ1) is 15.7. The van der Waals surface area contributed by atoms with Gasteiger partial charge in [-0.25, -0.2) is 0 Å². The molecule has 1 saturated carbocycles. The first-order valence-corrected chi connectivity index (χ1v) is 7.69. The fourth-order valence-corrected chi connectivity index (χ4v) is 3.44. The molecule has 1 unspecified atom stereocenters. The van der Waals surface area contributed by atoms with E-state index in [0.717, 1.165) is 13.0 Å². The number of nitrogens with zero attached hydrogens (tertiary/aromatic N) is 1. The largest absolute Gasteiger partial charge is 0.312 e. The molecule has 1 N–H and O–H groups in total.